The smallest absolute Gasteiger partial charge is 0.326 e. The maximum Gasteiger partial charge on any atom is 0.326 e. The van der Waals surface area contributed by atoms with E-state index in [1.165, 1.54) is 16.2 Å². The number of likely N-dealkylation sites (tertiary alicyclic amines) is 1. The maximum atomic E-state index is 12.9. The van der Waals surface area contributed by atoms with Crippen LogP contribution in [0.1, 0.15) is 28.7 Å². The van der Waals surface area contributed by atoms with Crippen LogP contribution in [0.25, 0.3) is 21.1 Å². The van der Waals surface area contributed by atoms with Crippen LogP contribution in [-0.4, -0.2) is 68.4 Å². The van der Waals surface area contributed by atoms with Gasteiger partial charge in [-0.1, -0.05) is 6.92 Å². The molecule has 9 nitrogen and oxygen atoms in total. The highest BCUT2D eigenvalue weighted by Gasteiger charge is 2.33. The van der Waals surface area contributed by atoms with Gasteiger partial charge in [0.05, 0.1) is 32.8 Å². The molecule has 3 N–H and O–H groups in total. The van der Waals surface area contributed by atoms with Gasteiger partial charge in [0, 0.05) is 43.0 Å². The fourth-order valence-electron chi connectivity index (χ4n) is 4.29. The van der Waals surface area contributed by atoms with Crippen molar-refractivity contribution in [2.24, 2.45) is 0 Å². The lowest BCUT2D eigenvalue weighted by atomic mass is 10.2. The summed E-state index contributed by atoms with van der Waals surface area (Å²) in [6, 6.07) is 10.8. The molecule has 0 saturated carbocycles. The fourth-order valence-corrected chi connectivity index (χ4v) is 5.33. The van der Waals surface area contributed by atoms with Crippen molar-refractivity contribution in [2.75, 3.05) is 19.6 Å². The van der Waals surface area contributed by atoms with E-state index in [-0.39, 0.29) is 25.0 Å². The second-order valence-electron chi connectivity index (χ2n) is 8.65. The molecule has 1 aliphatic heterocycles. The molecule has 1 saturated heterocycles. The zero-order valence-electron chi connectivity index (χ0n) is 19.4. The zero-order chi connectivity index (χ0) is 24.7. The third-order valence-electron chi connectivity index (χ3n) is 6.05. The molecule has 4 heterocycles. The van der Waals surface area contributed by atoms with Crippen LogP contribution >= 0.6 is 11.3 Å². The largest absolute Gasteiger partial charge is 0.456 e. The molecule has 1 aromatic carbocycles. The maximum absolute atomic E-state index is 12.9. The van der Waals surface area contributed by atoms with Crippen LogP contribution in [0.2, 0.25) is 0 Å². The summed E-state index contributed by atoms with van der Waals surface area (Å²) in [5.41, 5.74) is 2.25. The zero-order valence-corrected chi connectivity index (χ0v) is 20.2. The molecule has 0 spiro atoms. The van der Waals surface area contributed by atoms with Gasteiger partial charge in [0.1, 0.15) is 11.5 Å². The Morgan fingerprint density at radius 1 is 1.17 bits per heavy atom. The van der Waals surface area contributed by atoms with Crippen molar-refractivity contribution in [3.05, 3.63) is 53.2 Å². The molecule has 0 unspecified atom stereocenters. The predicted octanol–water partition coefficient (Wildman–Crippen LogP) is 3.50. The van der Waals surface area contributed by atoms with Crippen molar-refractivity contribution >= 4 is 44.4 Å². The van der Waals surface area contributed by atoms with Gasteiger partial charge in [0.2, 0.25) is 0 Å². The van der Waals surface area contributed by atoms with Crippen LogP contribution < -0.4 is 10.1 Å². The second-order valence-corrected chi connectivity index (χ2v) is 9.71. The van der Waals surface area contributed by atoms with Crippen molar-refractivity contribution in [2.45, 2.75) is 32.5 Å². The van der Waals surface area contributed by atoms with E-state index in [0.717, 1.165) is 27.7 Å². The van der Waals surface area contributed by atoms with E-state index in [4.69, 9.17) is 4.74 Å². The van der Waals surface area contributed by atoms with E-state index in [2.05, 4.69) is 10.3 Å². The average molecular weight is 495 g/mol. The van der Waals surface area contributed by atoms with Gasteiger partial charge in [-0.3, -0.25) is 14.3 Å². The Balaban J connectivity index is 1.42. The standard InChI is InChI=1S/C25H26N4O5S/c1-3-7-27-25(33)29-14(2)9-15-10-16(4-5-18(15)29)34-21-6-8-26-17-11-22(35-23(17)21)24(32)28-12-19(30)20(31)13-28/h4-6,8-11,19-20,30-31H,3,7,12-13H2,1-2H3,(H,27,33)/t19-,20-/m0/s1. The molecule has 1 aliphatic rings. The van der Waals surface area contributed by atoms with Crippen molar-refractivity contribution < 1.29 is 24.5 Å². The van der Waals surface area contributed by atoms with Gasteiger partial charge < -0.3 is 25.2 Å². The minimum absolute atomic E-state index is 0.0978. The Kier molecular flexibility index (Phi) is 6.18. The number of thiophene rings is 1. The van der Waals surface area contributed by atoms with Crippen LogP contribution in [-0.2, 0) is 0 Å². The average Bonchev–Trinajstić information content (AvgIpc) is 3.51. The quantitative estimate of drug-likeness (QED) is 0.391. The number of amides is 2. The summed E-state index contributed by atoms with van der Waals surface area (Å²) >= 11 is 1.26. The highest BCUT2D eigenvalue weighted by molar-refractivity contribution is 7.21. The topological polar surface area (TPSA) is 117 Å². The van der Waals surface area contributed by atoms with Crippen LogP contribution in [0.4, 0.5) is 4.79 Å². The number of hydrogen-bond acceptors (Lipinski definition) is 7. The third-order valence-corrected chi connectivity index (χ3v) is 7.17. The van der Waals surface area contributed by atoms with Gasteiger partial charge in [-0.15, -0.1) is 11.3 Å². The molecular weight excluding hydrogens is 468 g/mol. The number of β-amino-alcohol motifs (C(OH)–C–C–N with tert-alkyl or cyclic N) is 2. The van der Waals surface area contributed by atoms with Crippen molar-refractivity contribution in [3.8, 4) is 11.5 Å². The number of hydrogen-bond donors (Lipinski definition) is 3. The molecule has 10 heteroatoms. The number of aliphatic hydroxyl groups is 2. The van der Waals surface area contributed by atoms with Crippen LogP contribution in [0.5, 0.6) is 11.5 Å². The van der Waals surface area contributed by atoms with Crippen LogP contribution in [0.15, 0.2) is 42.6 Å². The van der Waals surface area contributed by atoms with E-state index < -0.39 is 12.2 Å². The number of carbonyl (C=O) groups excluding carboxylic acids is 2. The molecule has 2 amide bonds. The third kappa shape index (κ3) is 4.36. The number of aliphatic hydroxyl groups excluding tert-OH is 2. The second kappa shape index (κ2) is 9.29. The van der Waals surface area contributed by atoms with E-state index >= 15 is 0 Å². The van der Waals surface area contributed by atoms with E-state index in [0.29, 0.717) is 28.4 Å². The summed E-state index contributed by atoms with van der Waals surface area (Å²) < 4.78 is 8.56. The van der Waals surface area contributed by atoms with Gasteiger partial charge in [-0.05, 0) is 43.7 Å². The minimum Gasteiger partial charge on any atom is -0.456 e. The lowest BCUT2D eigenvalue weighted by Crippen LogP contribution is -2.29. The molecule has 0 bridgehead atoms. The van der Waals surface area contributed by atoms with E-state index in [1.54, 1.807) is 22.9 Å². The first kappa shape index (κ1) is 23.3. The minimum atomic E-state index is -0.934. The molecule has 2 atom stereocenters. The van der Waals surface area contributed by atoms with Crippen LogP contribution in [0, 0.1) is 6.92 Å². The Hall–Kier alpha value is -3.47. The highest BCUT2D eigenvalue weighted by Crippen LogP contribution is 2.36. The van der Waals surface area contributed by atoms with Crippen molar-refractivity contribution in [3.63, 3.8) is 0 Å². The fraction of sp³-hybridized carbons (Fsp3) is 0.320. The number of carbonyl (C=O) groups is 2. The summed E-state index contributed by atoms with van der Waals surface area (Å²) in [6.07, 6.45) is 0.618. The molecule has 0 aliphatic carbocycles. The summed E-state index contributed by atoms with van der Waals surface area (Å²) in [6.45, 7) is 4.71. The lowest BCUT2D eigenvalue weighted by Gasteiger charge is -2.13. The number of ether oxygens (including phenoxy) is 1. The Morgan fingerprint density at radius 3 is 2.69 bits per heavy atom. The summed E-state index contributed by atoms with van der Waals surface area (Å²) in [5, 5.41) is 23.3. The molecule has 182 valence electrons. The summed E-state index contributed by atoms with van der Waals surface area (Å²) in [7, 11) is 0. The van der Waals surface area contributed by atoms with Crippen molar-refractivity contribution in [1.82, 2.24) is 19.8 Å². The number of pyridine rings is 1. The molecule has 5 rings (SSSR count). The number of nitrogens with zero attached hydrogens (tertiary/aromatic N) is 3. The summed E-state index contributed by atoms with van der Waals surface area (Å²) in [4.78, 5) is 31.7. The number of rotatable bonds is 5. The molecule has 35 heavy (non-hydrogen) atoms. The Labute approximate surface area is 205 Å². The van der Waals surface area contributed by atoms with Gasteiger partial charge in [0.25, 0.3) is 5.91 Å². The first-order valence-electron chi connectivity index (χ1n) is 11.5. The molecule has 1 fully saturated rings. The first-order chi connectivity index (χ1) is 16.9. The molecule has 0 radical (unpaired) electrons. The van der Waals surface area contributed by atoms with Gasteiger partial charge >= 0.3 is 6.03 Å². The highest BCUT2D eigenvalue weighted by atomic mass is 32.1. The van der Waals surface area contributed by atoms with Gasteiger partial charge in [-0.25, -0.2) is 4.79 Å². The van der Waals surface area contributed by atoms with Gasteiger partial charge in [-0.2, -0.15) is 0 Å². The van der Waals surface area contributed by atoms with Gasteiger partial charge in [0.15, 0.2) is 0 Å². The van der Waals surface area contributed by atoms with E-state index in [9.17, 15) is 19.8 Å². The molecule has 3 aromatic heterocycles. The Bertz CT molecular complexity index is 1420. The number of fused-ring (bicyclic) bond motifs is 2. The van der Waals surface area contributed by atoms with Crippen molar-refractivity contribution in [1.29, 1.82) is 0 Å². The molecular formula is C25H26N4O5S. The number of benzene rings is 1. The number of aromatic nitrogens is 2. The Morgan fingerprint density at radius 2 is 1.94 bits per heavy atom. The predicted molar refractivity (Wildman–Crippen MR) is 133 cm³/mol. The van der Waals surface area contributed by atoms with E-state index in [1.807, 2.05) is 38.1 Å². The SMILES string of the molecule is CCCNC(=O)n1c(C)cc2cc(Oc3ccnc4cc(C(=O)N5C[C@H](O)[C@@H](O)C5)sc34)ccc21. The first-order valence-corrected chi connectivity index (χ1v) is 12.3. The summed E-state index contributed by atoms with van der Waals surface area (Å²) in [5.74, 6) is 0.911. The monoisotopic (exact) mass is 494 g/mol. The normalized spacial score (nSPS) is 17.9. The van der Waals surface area contributed by atoms with Crippen LogP contribution in [0.3, 0.4) is 0 Å². The number of aryl methyl sites for hydroxylation is 1. The molecule has 4 aromatic rings. The lowest BCUT2D eigenvalue weighted by molar-refractivity contribution is 0.0572. The number of nitrogens with one attached hydrogen (secondary N) is 1.